The highest BCUT2D eigenvalue weighted by molar-refractivity contribution is 5.75. The lowest BCUT2D eigenvalue weighted by atomic mass is 9.96. The summed E-state index contributed by atoms with van der Waals surface area (Å²) in [5.74, 6) is 0. The molecule has 4 nitrogen and oxygen atoms in total. The van der Waals surface area contributed by atoms with Crippen molar-refractivity contribution >= 4 is 6.03 Å². The molecule has 0 aromatic rings. The van der Waals surface area contributed by atoms with Crippen molar-refractivity contribution < 1.29 is 4.79 Å². The second-order valence-electron chi connectivity index (χ2n) is 5.96. The monoisotopic (exact) mass is 265 g/mol. The summed E-state index contributed by atoms with van der Waals surface area (Å²) in [7, 11) is 4.06. The first-order valence-electron chi connectivity index (χ1n) is 7.56. The van der Waals surface area contributed by atoms with Gasteiger partial charge in [0.25, 0.3) is 0 Å². The van der Waals surface area contributed by atoms with Crippen LogP contribution in [0, 0.1) is 0 Å². The van der Waals surface area contributed by atoms with Crippen molar-refractivity contribution in [1.29, 1.82) is 0 Å². The molecule has 4 heteroatoms. The fourth-order valence-corrected chi connectivity index (χ4v) is 2.96. The van der Waals surface area contributed by atoms with Gasteiger partial charge in [0.15, 0.2) is 0 Å². The van der Waals surface area contributed by atoms with E-state index in [1.165, 1.54) is 24.8 Å². The van der Waals surface area contributed by atoms with Gasteiger partial charge in [0, 0.05) is 19.3 Å². The largest absolute Gasteiger partial charge is 0.325 e. The van der Waals surface area contributed by atoms with Crippen molar-refractivity contribution in [3.05, 3.63) is 11.8 Å². The van der Waals surface area contributed by atoms with Gasteiger partial charge in [-0.25, -0.2) is 4.79 Å². The number of rotatable bonds is 2. The third-order valence-electron chi connectivity index (χ3n) is 4.45. The number of allylic oxidation sites excluding steroid dienone is 1. The molecule has 0 aromatic carbocycles. The molecule has 108 valence electrons. The van der Waals surface area contributed by atoms with Crippen molar-refractivity contribution in [2.24, 2.45) is 0 Å². The van der Waals surface area contributed by atoms with Crippen LogP contribution in [0.2, 0.25) is 0 Å². The Labute approximate surface area is 116 Å². The van der Waals surface area contributed by atoms with Gasteiger partial charge in [-0.3, -0.25) is 0 Å². The summed E-state index contributed by atoms with van der Waals surface area (Å²) in [6.45, 7) is 2.17. The standard InChI is InChI=1S/C15H27N3O/c1-17-10-8-14(9-11-17)18(2)15(19)16-12-13-6-4-3-5-7-13/h12,14H,3-11H2,1-2H3,(H,16,19). The van der Waals surface area contributed by atoms with Crippen LogP contribution in [0.3, 0.4) is 0 Å². The molecule has 0 spiro atoms. The molecular weight excluding hydrogens is 238 g/mol. The fraction of sp³-hybridized carbons (Fsp3) is 0.800. The minimum Gasteiger partial charge on any atom is -0.325 e. The highest BCUT2D eigenvalue weighted by atomic mass is 16.2. The Morgan fingerprint density at radius 1 is 1.26 bits per heavy atom. The predicted molar refractivity (Wildman–Crippen MR) is 78.0 cm³/mol. The molecular formula is C15H27N3O. The number of urea groups is 1. The van der Waals surface area contributed by atoms with Crippen molar-refractivity contribution in [2.45, 2.75) is 51.0 Å². The van der Waals surface area contributed by atoms with E-state index in [0.717, 1.165) is 38.8 Å². The van der Waals surface area contributed by atoms with E-state index in [1.54, 1.807) is 0 Å². The molecule has 0 radical (unpaired) electrons. The zero-order chi connectivity index (χ0) is 13.7. The molecule has 2 rings (SSSR count). The number of carbonyl (C=O) groups excluding carboxylic acids is 1. The van der Waals surface area contributed by atoms with E-state index >= 15 is 0 Å². The summed E-state index contributed by atoms with van der Waals surface area (Å²) >= 11 is 0. The van der Waals surface area contributed by atoms with Crippen LogP contribution in [0.1, 0.15) is 44.9 Å². The lowest BCUT2D eigenvalue weighted by Gasteiger charge is -2.34. The highest BCUT2D eigenvalue weighted by Gasteiger charge is 2.23. The van der Waals surface area contributed by atoms with E-state index in [-0.39, 0.29) is 6.03 Å². The van der Waals surface area contributed by atoms with Gasteiger partial charge >= 0.3 is 6.03 Å². The molecule has 1 saturated carbocycles. The lowest BCUT2D eigenvalue weighted by molar-refractivity contribution is 0.150. The van der Waals surface area contributed by atoms with E-state index in [1.807, 2.05) is 18.1 Å². The van der Waals surface area contributed by atoms with Gasteiger partial charge in [-0.15, -0.1) is 0 Å². The quantitative estimate of drug-likeness (QED) is 0.833. The summed E-state index contributed by atoms with van der Waals surface area (Å²) in [4.78, 5) is 16.3. The normalized spacial score (nSPS) is 22.1. The maximum absolute atomic E-state index is 12.1. The minimum absolute atomic E-state index is 0.0487. The zero-order valence-electron chi connectivity index (χ0n) is 12.3. The smallest absolute Gasteiger partial charge is 0.321 e. The van der Waals surface area contributed by atoms with Crippen LogP contribution in [-0.4, -0.2) is 49.1 Å². The number of carbonyl (C=O) groups is 1. The third kappa shape index (κ3) is 4.23. The Hall–Kier alpha value is -1.03. The average Bonchev–Trinajstić information content (AvgIpc) is 2.46. The highest BCUT2D eigenvalue weighted by Crippen LogP contribution is 2.22. The zero-order valence-corrected chi connectivity index (χ0v) is 12.3. The summed E-state index contributed by atoms with van der Waals surface area (Å²) in [5, 5.41) is 2.97. The minimum atomic E-state index is 0.0487. The van der Waals surface area contributed by atoms with E-state index in [0.29, 0.717) is 6.04 Å². The van der Waals surface area contributed by atoms with E-state index < -0.39 is 0 Å². The number of nitrogens with zero attached hydrogens (tertiary/aromatic N) is 2. The molecule has 0 atom stereocenters. The Morgan fingerprint density at radius 2 is 1.89 bits per heavy atom. The summed E-state index contributed by atoms with van der Waals surface area (Å²) < 4.78 is 0. The van der Waals surface area contributed by atoms with Gasteiger partial charge in [-0.2, -0.15) is 0 Å². The summed E-state index contributed by atoms with van der Waals surface area (Å²) in [5.41, 5.74) is 1.40. The lowest BCUT2D eigenvalue weighted by Crippen LogP contribution is -2.47. The molecule has 1 saturated heterocycles. The number of hydrogen-bond acceptors (Lipinski definition) is 2. The first-order chi connectivity index (χ1) is 9.16. The van der Waals surface area contributed by atoms with Crippen LogP contribution in [0.25, 0.3) is 0 Å². The second kappa shape index (κ2) is 6.94. The SMILES string of the molecule is CN1CCC(N(C)C(=O)NC=C2CCCCC2)CC1. The number of piperidine rings is 1. The van der Waals surface area contributed by atoms with Crippen molar-refractivity contribution in [2.75, 3.05) is 27.2 Å². The van der Waals surface area contributed by atoms with E-state index in [9.17, 15) is 4.79 Å². The third-order valence-corrected chi connectivity index (χ3v) is 4.45. The average molecular weight is 265 g/mol. The van der Waals surface area contributed by atoms with Gasteiger partial charge in [0.1, 0.15) is 0 Å². The summed E-state index contributed by atoms with van der Waals surface area (Å²) in [6.07, 6.45) is 10.3. The molecule has 1 aliphatic carbocycles. The number of likely N-dealkylation sites (tertiary alicyclic amines) is 1. The van der Waals surface area contributed by atoms with Crippen LogP contribution in [0.5, 0.6) is 0 Å². The molecule has 2 amide bonds. The van der Waals surface area contributed by atoms with Crippen LogP contribution in [0.4, 0.5) is 4.79 Å². The molecule has 19 heavy (non-hydrogen) atoms. The molecule has 0 aromatic heterocycles. The maximum Gasteiger partial charge on any atom is 0.321 e. The molecule has 1 heterocycles. The van der Waals surface area contributed by atoms with Crippen LogP contribution < -0.4 is 5.32 Å². The second-order valence-corrected chi connectivity index (χ2v) is 5.96. The predicted octanol–water partition coefficient (Wildman–Crippen LogP) is 2.57. The molecule has 0 unspecified atom stereocenters. The van der Waals surface area contributed by atoms with E-state index in [2.05, 4.69) is 17.3 Å². The first kappa shape index (κ1) is 14.4. The maximum atomic E-state index is 12.1. The van der Waals surface area contributed by atoms with Crippen LogP contribution in [0.15, 0.2) is 11.8 Å². The molecule has 2 aliphatic rings. The van der Waals surface area contributed by atoms with Gasteiger partial charge in [-0.1, -0.05) is 12.0 Å². The van der Waals surface area contributed by atoms with Gasteiger partial charge < -0.3 is 15.1 Å². The topological polar surface area (TPSA) is 35.6 Å². The first-order valence-corrected chi connectivity index (χ1v) is 7.56. The van der Waals surface area contributed by atoms with Gasteiger partial charge in [0.05, 0.1) is 0 Å². The van der Waals surface area contributed by atoms with Crippen LogP contribution in [-0.2, 0) is 0 Å². The van der Waals surface area contributed by atoms with Gasteiger partial charge in [-0.05, 0) is 58.7 Å². The molecule has 2 fully saturated rings. The van der Waals surface area contributed by atoms with Crippen molar-refractivity contribution in [3.8, 4) is 0 Å². The van der Waals surface area contributed by atoms with Crippen LogP contribution >= 0.6 is 0 Å². The molecule has 1 aliphatic heterocycles. The Kier molecular flexibility index (Phi) is 5.25. The number of amides is 2. The Balaban J connectivity index is 1.78. The Bertz CT molecular complexity index is 324. The molecule has 1 N–H and O–H groups in total. The number of nitrogens with one attached hydrogen (secondary N) is 1. The van der Waals surface area contributed by atoms with Crippen molar-refractivity contribution in [1.82, 2.24) is 15.1 Å². The van der Waals surface area contributed by atoms with Gasteiger partial charge in [0.2, 0.25) is 0 Å². The fourth-order valence-electron chi connectivity index (χ4n) is 2.96. The summed E-state index contributed by atoms with van der Waals surface area (Å²) in [6, 6.07) is 0.439. The molecule has 0 bridgehead atoms. The Morgan fingerprint density at radius 3 is 2.53 bits per heavy atom. The van der Waals surface area contributed by atoms with E-state index in [4.69, 9.17) is 0 Å². The number of hydrogen-bond donors (Lipinski definition) is 1. The van der Waals surface area contributed by atoms with Crippen molar-refractivity contribution in [3.63, 3.8) is 0 Å².